The average Bonchev–Trinajstić information content (AvgIpc) is 2.72. The molecule has 1 aliphatic rings. The molecule has 3 nitrogen and oxygen atoms in total. The maximum atomic E-state index is 6.23. The van der Waals surface area contributed by atoms with Gasteiger partial charge >= 0.3 is 0 Å². The van der Waals surface area contributed by atoms with Crippen LogP contribution in [0.4, 0.5) is 5.69 Å². The average molecular weight is 381 g/mol. The molecule has 0 aromatic heterocycles. The summed E-state index contributed by atoms with van der Waals surface area (Å²) >= 11 is 0. The van der Waals surface area contributed by atoms with Crippen molar-refractivity contribution in [1.29, 1.82) is 0 Å². The number of benzene rings is 2. The molecule has 2 aromatic rings. The summed E-state index contributed by atoms with van der Waals surface area (Å²) in [6, 6.07) is 17.6. The fraction of sp³-hybridized carbons (Fsp3) is 0.520. The van der Waals surface area contributed by atoms with Crippen molar-refractivity contribution < 1.29 is 4.74 Å². The number of rotatable bonds is 8. The maximum absolute atomic E-state index is 6.23. The molecule has 0 spiro atoms. The van der Waals surface area contributed by atoms with Crippen LogP contribution in [-0.4, -0.2) is 45.2 Å². The molecule has 3 heteroatoms. The highest BCUT2D eigenvalue weighted by molar-refractivity contribution is 5.46. The Hall–Kier alpha value is -2.00. The first-order valence-corrected chi connectivity index (χ1v) is 10.8. The zero-order valence-electron chi connectivity index (χ0n) is 18.0. The van der Waals surface area contributed by atoms with Gasteiger partial charge in [0.2, 0.25) is 0 Å². The molecule has 1 fully saturated rings. The SMILES string of the molecule is CCCCN1CC[C@H](c2ccc(N(C)C)cc2)[C@@H](COc2ccc(C)cc2)C1. The van der Waals surface area contributed by atoms with Gasteiger partial charge in [-0.25, -0.2) is 0 Å². The van der Waals surface area contributed by atoms with E-state index in [-0.39, 0.29) is 0 Å². The second-order valence-electron chi connectivity index (χ2n) is 8.42. The number of piperidine rings is 1. The van der Waals surface area contributed by atoms with E-state index in [9.17, 15) is 0 Å². The monoisotopic (exact) mass is 380 g/mol. The van der Waals surface area contributed by atoms with E-state index in [1.54, 1.807) is 0 Å². The first-order chi connectivity index (χ1) is 13.6. The van der Waals surface area contributed by atoms with Crippen LogP contribution in [0.25, 0.3) is 0 Å². The zero-order valence-corrected chi connectivity index (χ0v) is 18.0. The van der Waals surface area contributed by atoms with Crippen LogP contribution in [-0.2, 0) is 0 Å². The van der Waals surface area contributed by atoms with Gasteiger partial charge in [-0.3, -0.25) is 0 Å². The Morgan fingerprint density at radius 2 is 1.75 bits per heavy atom. The lowest BCUT2D eigenvalue weighted by atomic mass is 9.80. The summed E-state index contributed by atoms with van der Waals surface area (Å²) in [5.74, 6) is 2.08. The summed E-state index contributed by atoms with van der Waals surface area (Å²) in [6.07, 6.45) is 3.76. The number of unbranched alkanes of at least 4 members (excludes halogenated alkanes) is 1. The maximum Gasteiger partial charge on any atom is 0.119 e. The standard InChI is InChI=1S/C25H36N2O/c1-5-6-16-27-17-15-25(21-9-11-23(12-10-21)26(3)4)22(18-27)19-28-24-13-7-20(2)8-14-24/h7-14,22,25H,5-6,15-19H2,1-4H3/t22-,25-/m1/s1. The molecule has 0 N–H and O–H groups in total. The van der Waals surface area contributed by atoms with Crippen molar-refractivity contribution in [3.63, 3.8) is 0 Å². The van der Waals surface area contributed by atoms with Gasteiger partial charge in [0, 0.05) is 32.2 Å². The largest absolute Gasteiger partial charge is 0.493 e. The molecule has 152 valence electrons. The Kier molecular flexibility index (Phi) is 7.38. The molecule has 0 bridgehead atoms. The van der Waals surface area contributed by atoms with Gasteiger partial charge < -0.3 is 14.5 Å². The number of hydrogen-bond acceptors (Lipinski definition) is 3. The third-order valence-electron chi connectivity index (χ3n) is 5.97. The van der Waals surface area contributed by atoms with Gasteiger partial charge in [-0.1, -0.05) is 43.2 Å². The predicted molar refractivity (Wildman–Crippen MR) is 120 cm³/mol. The lowest BCUT2D eigenvalue weighted by Crippen LogP contribution is -2.42. The Morgan fingerprint density at radius 3 is 2.39 bits per heavy atom. The van der Waals surface area contributed by atoms with Gasteiger partial charge in [0.1, 0.15) is 5.75 Å². The molecule has 0 amide bonds. The van der Waals surface area contributed by atoms with Crippen molar-refractivity contribution >= 4 is 5.69 Å². The van der Waals surface area contributed by atoms with Crippen molar-refractivity contribution in [2.24, 2.45) is 5.92 Å². The van der Waals surface area contributed by atoms with Gasteiger partial charge in [-0.15, -0.1) is 0 Å². The molecule has 1 heterocycles. The van der Waals surface area contributed by atoms with E-state index >= 15 is 0 Å². The molecule has 1 saturated heterocycles. The molecule has 2 atom stereocenters. The molecule has 28 heavy (non-hydrogen) atoms. The molecule has 0 saturated carbocycles. The van der Waals surface area contributed by atoms with Gasteiger partial charge in [0.25, 0.3) is 0 Å². The van der Waals surface area contributed by atoms with Crippen LogP contribution in [0, 0.1) is 12.8 Å². The fourth-order valence-electron chi connectivity index (χ4n) is 4.16. The van der Waals surface area contributed by atoms with Gasteiger partial charge in [-0.2, -0.15) is 0 Å². The predicted octanol–water partition coefficient (Wildman–Crippen LogP) is 5.35. The molecule has 0 aliphatic carbocycles. The van der Waals surface area contributed by atoms with Gasteiger partial charge in [-0.05, 0) is 68.6 Å². The van der Waals surface area contributed by atoms with E-state index in [0.29, 0.717) is 11.8 Å². The number of anilines is 1. The van der Waals surface area contributed by atoms with E-state index in [4.69, 9.17) is 4.74 Å². The van der Waals surface area contributed by atoms with Crippen molar-refractivity contribution in [2.75, 3.05) is 45.2 Å². The van der Waals surface area contributed by atoms with Crippen LogP contribution in [0.2, 0.25) is 0 Å². The Balaban J connectivity index is 1.71. The van der Waals surface area contributed by atoms with E-state index in [1.165, 1.54) is 49.2 Å². The highest BCUT2D eigenvalue weighted by Crippen LogP contribution is 2.34. The van der Waals surface area contributed by atoms with Crippen LogP contribution >= 0.6 is 0 Å². The van der Waals surface area contributed by atoms with Crippen molar-refractivity contribution in [3.05, 3.63) is 59.7 Å². The third-order valence-corrected chi connectivity index (χ3v) is 5.97. The molecule has 0 unspecified atom stereocenters. The summed E-state index contributed by atoms with van der Waals surface area (Å²) in [7, 11) is 4.19. The minimum Gasteiger partial charge on any atom is -0.493 e. The number of hydrogen-bond donors (Lipinski definition) is 0. The van der Waals surface area contributed by atoms with Crippen molar-refractivity contribution in [3.8, 4) is 5.75 Å². The van der Waals surface area contributed by atoms with Crippen LogP contribution in [0.15, 0.2) is 48.5 Å². The van der Waals surface area contributed by atoms with Gasteiger partial charge in [0.15, 0.2) is 0 Å². The van der Waals surface area contributed by atoms with Crippen LogP contribution in [0.1, 0.15) is 43.2 Å². The summed E-state index contributed by atoms with van der Waals surface area (Å²) < 4.78 is 6.23. The Morgan fingerprint density at radius 1 is 1.04 bits per heavy atom. The second-order valence-corrected chi connectivity index (χ2v) is 8.42. The number of likely N-dealkylation sites (tertiary alicyclic amines) is 1. The van der Waals surface area contributed by atoms with E-state index in [1.807, 2.05) is 0 Å². The summed E-state index contributed by atoms with van der Waals surface area (Å²) in [6.45, 7) is 8.71. The third kappa shape index (κ3) is 5.51. The smallest absolute Gasteiger partial charge is 0.119 e. The minimum absolute atomic E-state index is 0.525. The van der Waals surface area contributed by atoms with Gasteiger partial charge in [0.05, 0.1) is 6.61 Å². The van der Waals surface area contributed by atoms with Crippen molar-refractivity contribution in [1.82, 2.24) is 4.90 Å². The van der Waals surface area contributed by atoms with Crippen LogP contribution in [0.5, 0.6) is 5.75 Å². The van der Waals surface area contributed by atoms with E-state index in [2.05, 4.69) is 86.3 Å². The zero-order chi connectivity index (χ0) is 19.9. The summed E-state index contributed by atoms with van der Waals surface area (Å²) in [5.41, 5.74) is 3.99. The highest BCUT2D eigenvalue weighted by atomic mass is 16.5. The summed E-state index contributed by atoms with van der Waals surface area (Å²) in [5, 5.41) is 0. The highest BCUT2D eigenvalue weighted by Gasteiger charge is 2.30. The quantitative estimate of drug-likeness (QED) is 0.614. The van der Waals surface area contributed by atoms with Crippen molar-refractivity contribution in [2.45, 2.75) is 39.0 Å². The first-order valence-electron chi connectivity index (χ1n) is 10.8. The molecule has 1 aliphatic heterocycles. The normalized spacial score (nSPS) is 20.1. The first kappa shape index (κ1) is 20.7. The molecule has 0 radical (unpaired) electrons. The molecule has 2 aromatic carbocycles. The lowest BCUT2D eigenvalue weighted by Gasteiger charge is -2.39. The lowest BCUT2D eigenvalue weighted by molar-refractivity contribution is 0.110. The van der Waals surface area contributed by atoms with Crippen LogP contribution < -0.4 is 9.64 Å². The summed E-state index contributed by atoms with van der Waals surface area (Å²) in [4.78, 5) is 4.80. The number of nitrogens with zero attached hydrogens (tertiary/aromatic N) is 2. The molecular weight excluding hydrogens is 344 g/mol. The topological polar surface area (TPSA) is 15.7 Å². The van der Waals surface area contributed by atoms with Crippen LogP contribution in [0.3, 0.4) is 0 Å². The molecular formula is C25H36N2O. The Bertz CT molecular complexity index is 708. The second kappa shape index (κ2) is 9.97. The number of ether oxygens (including phenoxy) is 1. The van der Waals surface area contributed by atoms with E-state index < -0.39 is 0 Å². The van der Waals surface area contributed by atoms with E-state index in [0.717, 1.165) is 18.9 Å². The molecule has 3 rings (SSSR count). The fourth-order valence-corrected chi connectivity index (χ4v) is 4.16. The minimum atomic E-state index is 0.525. The Labute approximate surface area is 171 Å². The number of aryl methyl sites for hydroxylation is 1.